The topological polar surface area (TPSA) is 94.8 Å². The highest BCUT2D eigenvalue weighted by Gasteiger charge is 1.98. The first-order chi connectivity index (χ1) is 3.63. The summed E-state index contributed by atoms with van der Waals surface area (Å²) in [5.41, 5.74) is 5.28. The highest BCUT2D eigenvalue weighted by atomic mass is 16.4. The van der Waals surface area contributed by atoms with E-state index in [1.54, 1.807) is 6.92 Å². The molecule has 0 spiro atoms. The molecule has 5 N–H and O–H groups in total. The average Bonchev–Trinajstić information content (AvgIpc) is 1.61. The van der Waals surface area contributed by atoms with Crippen molar-refractivity contribution in [3.8, 4) is 0 Å². The molecule has 4 heteroatoms. The molecule has 9 heavy (non-hydrogen) atoms. The summed E-state index contributed by atoms with van der Waals surface area (Å²) in [7, 11) is 0. The van der Waals surface area contributed by atoms with E-state index in [4.69, 9.17) is 10.8 Å². The maximum absolute atomic E-state index is 9.85. The van der Waals surface area contributed by atoms with E-state index < -0.39 is 5.97 Å². The van der Waals surface area contributed by atoms with Gasteiger partial charge in [0.1, 0.15) is 0 Å². The Morgan fingerprint density at radius 1 is 1.78 bits per heavy atom. The summed E-state index contributed by atoms with van der Waals surface area (Å²) in [4.78, 5) is 9.85. The van der Waals surface area contributed by atoms with Crippen LogP contribution in [0.15, 0.2) is 0 Å². The van der Waals surface area contributed by atoms with Crippen LogP contribution in [0.3, 0.4) is 0 Å². The third-order valence-corrected chi connectivity index (χ3v) is 0.814. The molecular formula is C5H13NO3. The number of aliphatic carboxylic acids is 1. The van der Waals surface area contributed by atoms with E-state index in [1.165, 1.54) is 0 Å². The molecule has 0 aromatic heterocycles. The van der Waals surface area contributed by atoms with Crippen LogP contribution in [0, 0.1) is 0 Å². The fourth-order valence-electron chi connectivity index (χ4n) is 0.351. The van der Waals surface area contributed by atoms with Crippen LogP contribution in [-0.4, -0.2) is 22.6 Å². The molecule has 0 radical (unpaired) electrons. The first-order valence-electron chi connectivity index (χ1n) is 2.60. The Kier molecular flexibility index (Phi) is 6.89. The van der Waals surface area contributed by atoms with E-state index in [0.717, 1.165) is 0 Å². The maximum atomic E-state index is 9.85. The smallest absolute Gasteiger partial charge is 0.303 e. The van der Waals surface area contributed by atoms with Crippen molar-refractivity contribution in [3.63, 3.8) is 0 Å². The number of hydrogen-bond donors (Lipinski definition) is 2. The van der Waals surface area contributed by atoms with Crippen molar-refractivity contribution < 1.29 is 15.4 Å². The molecule has 56 valence electrons. The molecule has 0 aliphatic carbocycles. The second kappa shape index (κ2) is 5.53. The second-order valence-electron chi connectivity index (χ2n) is 1.91. The number of carboxylic acids is 1. The molecule has 4 nitrogen and oxygen atoms in total. The van der Waals surface area contributed by atoms with Gasteiger partial charge < -0.3 is 16.3 Å². The van der Waals surface area contributed by atoms with Gasteiger partial charge in [0.25, 0.3) is 0 Å². The number of hydrogen-bond acceptors (Lipinski definition) is 2. The highest BCUT2D eigenvalue weighted by molar-refractivity contribution is 5.66. The third-order valence-electron chi connectivity index (χ3n) is 0.814. The summed E-state index contributed by atoms with van der Waals surface area (Å²) >= 11 is 0. The molecule has 0 aliphatic heterocycles. The van der Waals surface area contributed by atoms with Crippen LogP contribution in [0.25, 0.3) is 0 Å². The fraction of sp³-hybridized carbons (Fsp3) is 0.800. The van der Waals surface area contributed by atoms with Crippen molar-refractivity contribution >= 4 is 5.97 Å². The van der Waals surface area contributed by atoms with Crippen LogP contribution in [-0.2, 0) is 4.79 Å². The van der Waals surface area contributed by atoms with E-state index in [1.807, 2.05) is 0 Å². The van der Waals surface area contributed by atoms with Gasteiger partial charge in [0.05, 0.1) is 0 Å². The molecule has 0 bridgehead atoms. The lowest BCUT2D eigenvalue weighted by atomic mass is 10.2. The van der Waals surface area contributed by atoms with E-state index in [0.29, 0.717) is 6.42 Å². The molecule has 0 saturated heterocycles. The Labute approximate surface area is 54.0 Å². The Morgan fingerprint density at radius 3 is 2.33 bits per heavy atom. The molecule has 0 aromatic carbocycles. The van der Waals surface area contributed by atoms with Gasteiger partial charge in [0, 0.05) is 12.5 Å². The summed E-state index contributed by atoms with van der Waals surface area (Å²) in [6.07, 6.45) is 0.743. The lowest BCUT2D eigenvalue weighted by Crippen LogP contribution is -2.15. The van der Waals surface area contributed by atoms with Crippen LogP contribution in [0.2, 0.25) is 0 Å². The molecule has 0 rings (SSSR count). The lowest BCUT2D eigenvalue weighted by Gasteiger charge is -1.98. The Morgan fingerprint density at radius 2 is 2.22 bits per heavy atom. The molecule has 0 aromatic rings. The SMILES string of the molecule is CC(N)CCC(=O)O.O. The monoisotopic (exact) mass is 135 g/mol. The van der Waals surface area contributed by atoms with Gasteiger partial charge in [-0.3, -0.25) is 4.79 Å². The Hall–Kier alpha value is -0.610. The number of carbonyl (C=O) groups is 1. The van der Waals surface area contributed by atoms with Gasteiger partial charge in [-0.05, 0) is 13.3 Å². The van der Waals surface area contributed by atoms with Crippen LogP contribution in [0.5, 0.6) is 0 Å². The average molecular weight is 135 g/mol. The van der Waals surface area contributed by atoms with Crippen LogP contribution >= 0.6 is 0 Å². The second-order valence-corrected chi connectivity index (χ2v) is 1.91. The number of rotatable bonds is 3. The highest BCUT2D eigenvalue weighted by Crippen LogP contribution is 1.91. The minimum absolute atomic E-state index is 0. The first kappa shape index (κ1) is 11.2. The van der Waals surface area contributed by atoms with Gasteiger partial charge in [0.15, 0.2) is 0 Å². The van der Waals surface area contributed by atoms with Crippen LogP contribution < -0.4 is 5.73 Å². The minimum atomic E-state index is -0.776. The minimum Gasteiger partial charge on any atom is -0.481 e. The summed E-state index contributed by atoms with van der Waals surface area (Å²) in [6.45, 7) is 1.79. The number of carboxylic acid groups (broad SMARTS) is 1. The van der Waals surface area contributed by atoms with Gasteiger partial charge in [-0.25, -0.2) is 0 Å². The van der Waals surface area contributed by atoms with E-state index in [2.05, 4.69) is 0 Å². The quantitative estimate of drug-likeness (QED) is 0.539. The Bertz CT molecular complexity index is 82.3. The zero-order chi connectivity index (χ0) is 6.57. The van der Waals surface area contributed by atoms with Gasteiger partial charge in [0.2, 0.25) is 0 Å². The van der Waals surface area contributed by atoms with Crippen molar-refractivity contribution in [3.05, 3.63) is 0 Å². The summed E-state index contributed by atoms with van der Waals surface area (Å²) in [5.74, 6) is -0.776. The summed E-state index contributed by atoms with van der Waals surface area (Å²) < 4.78 is 0. The van der Waals surface area contributed by atoms with Gasteiger partial charge in [-0.2, -0.15) is 0 Å². The standard InChI is InChI=1S/C5H11NO2.H2O/c1-4(6)2-3-5(7)8;/h4H,2-3,6H2,1H3,(H,7,8);1H2. The zero-order valence-corrected chi connectivity index (χ0v) is 5.42. The molecular weight excluding hydrogens is 122 g/mol. The largest absolute Gasteiger partial charge is 0.481 e. The molecule has 0 amide bonds. The van der Waals surface area contributed by atoms with Crippen LogP contribution in [0.4, 0.5) is 0 Å². The van der Waals surface area contributed by atoms with Crippen molar-refractivity contribution in [2.24, 2.45) is 5.73 Å². The third kappa shape index (κ3) is 11.1. The first-order valence-corrected chi connectivity index (χ1v) is 2.60. The Balaban J connectivity index is 0. The molecule has 0 aliphatic rings. The van der Waals surface area contributed by atoms with Gasteiger partial charge in [-0.15, -0.1) is 0 Å². The molecule has 0 saturated carbocycles. The van der Waals surface area contributed by atoms with Gasteiger partial charge >= 0.3 is 5.97 Å². The van der Waals surface area contributed by atoms with Crippen molar-refractivity contribution in [1.82, 2.24) is 0 Å². The van der Waals surface area contributed by atoms with Gasteiger partial charge in [-0.1, -0.05) is 0 Å². The summed E-state index contributed by atoms with van der Waals surface area (Å²) in [6, 6.07) is 0.00565. The van der Waals surface area contributed by atoms with E-state index >= 15 is 0 Å². The molecule has 0 heterocycles. The van der Waals surface area contributed by atoms with Crippen molar-refractivity contribution in [1.29, 1.82) is 0 Å². The van der Waals surface area contributed by atoms with Crippen LogP contribution in [0.1, 0.15) is 19.8 Å². The summed E-state index contributed by atoms with van der Waals surface area (Å²) in [5, 5.41) is 8.11. The maximum Gasteiger partial charge on any atom is 0.303 e. The molecule has 1 unspecified atom stereocenters. The fourth-order valence-corrected chi connectivity index (χ4v) is 0.351. The molecule has 0 fully saturated rings. The number of nitrogens with two attached hydrogens (primary N) is 1. The lowest BCUT2D eigenvalue weighted by molar-refractivity contribution is -0.137. The predicted octanol–water partition coefficient (Wildman–Crippen LogP) is -0.626. The van der Waals surface area contributed by atoms with E-state index in [9.17, 15) is 4.79 Å². The molecule has 1 atom stereocenters. The van der Waals surface area contributed by atoms with Crippen molar-refractivity contribution in [2.45, 2.75) is 25.8 Å². The predicted molar refractivity (Wildman–Crippen MR) is 34.1 cm³/mol. The van der Waals surface area contributed by atoms with Crippen molar-refractivity contribution in [2.75, 3.05) is 0 Å². The zero-order valence-electron chi connectivity index (χ0n) is 5.42. The van der Waals surface area contributed by atoms with E-state index in [-0.39, 0.29) is 17.9 Å². The normalized spacial score (nSPS) is 11.8.